The van der Waals surface area contributed by atoms with Gasteiger partial charge in [0, 0.05) is 18.5 Å². The van der Waals surface area contributed by atoms with Gasteiger partial charge in [0.2, 0.25) is 5.95 Å². The van der Waals surface area contributed by atoms with Gasteiger partial charge < -0.3 is 15.8 Å². The normalized spacial score (nSPS) is 18.4. The second kappa shape index (κ2) is 9.15. The highest BCUT2D eigenvalue weighted by Crippen LogP contribution is 2.34. The van der Waals surface area contributed by atoms with Gasteiger partial charge in [-0.25, -0.2) is 19.3 Å². The summed E-state index contributed by atoms with van der Waals surface area (Å²) in [6, 6.07) is 14.9. The van der Waals surface area contributed by atoms with Crippen LogP contribution in [0.25, 0.3) is 11.2 Å². The maximum absolute atomic E-state index is 14.4. The zero-order valence-corrected chi connectivity index (χ0v) is 18.5. The topological polar surface area (TPSA) is 90.9 Å². The van der Waals surface area contributed by atoms with Crippen molar-refractivity contribution in [2.24, 2.45) is 5.73 Å². The largest absolute Gasteiger partial charge is 0.497 e. The van der Waals surface area contributed by atoms with E-state index in [9.17, 15) is 4.39 Å². The third-order valence-electron chi connectivity index (χ3n) is 6.23. The number of nitrogens with two attached hydrogens (primary N) is 1. The van der Waals surface area contributed by atoms with Crippen molar-refractivity contribution in [3.8, 4) is 5.75 Å². The van der Waals surface area contributed by atoms with Crippen molar-refractivity contribution in [3.63, 3.8) is 0 Å². The highest BCUT2D eigenvalue weighted by Gasteiger charge is 2.26. The van der Waals surface area contributed by atoms with Crippen molar-refractivity contribution >= 4 is 22.8 Å². The van der Waals surface area contributed by atoms with E-state index in [2.05, 4.69) is 14.9 Å². The summed E-state index contributed by atoms with van der Waals surface area (Å²) in [6.45, 7) is 0. The van der Waals surface area contributed by atoms with Crippen LogP contribution in [0.2, 0.25) is 0 Å². The van der Waals surface area contributed by atoms with E-state index >= 15 is 0 Å². The van der Waals surface area contributed by atoms with Crippen LogP contribution in [0.3, 0.4) is 0 Å². The van der Waals surface area contributed by atoms with E-state index in [1.54, 1.807) is 31.5 Å². The quantitative estimate of drug-likeness (QED) is 0.444. The predicted molar refractivity (Wildman–Crippen MR) is 126 cm³/mol. The number of anilines is 2. The monoisotopic (exact) mass is 446 g/mol. The molecule has 1 aliphatic carbocycles. The molecule has 2 heterocycles. The first kappa shape index (κ1) is 21.3. The number of ether oxygens (including phenoxy) is 1. The minimum absolute atomic E-state index is 0.188. The van der Waals surface area contributed by atoms with E-state index in [0.717, 1.165) is 42.6 Å². The maximum Gasteiger partial charge on any atom is 0.210 e. The maximum atomic E-state index is 14.4. The van der Waals surface area contributed by atoms with Gasteiger partial charge >= 0.3 is 0 Å². The molecule has 8 heteroatoms. The van der Waals surface area contributed by atoms with E-state index in [4.69, 9.17) is 20.4 Å². The molecule has 0 saturated heterocycles. The van der Waals surface area contributed by atoms with E-state index < -0.39 is 0 Å². The van der Waals surface area contributed by atoms with Crippen molar-refractivity contribution in [3.05, 3.63) is 71.9 Å². The first-order valence-electron chi connectivity index (χ1n) is 11.2. The first-order valence-corrected chi connectivity index (χ1v) is 11.2. The standard InChI is InChI=1S/C25H27FN6O/c1-33-19-12-6-16(7-13-19)14-23-28-15-22-24(31-23)32(18-10-8-17(27)9-11-18)25(30-22)29-21-5-3-2-4-20(21)26/h2-7,12-13,15,17-18H,8-11,14,27H2,1H3,(H,29,30). The fraction of sp³-hybridized carbons (Fsp3) is 0.320. The third kappa shape index (κ3) is 4.52. The molecule has 33 heavy (non-hydrogen) atoms. The van der Waals surface area contributed by atoms with Crippen molar-refractivity contribution in [1.29, 1.82) is 0 Å². The summed E-state index contributed by atoms with van der Waals surface area (Å²) in [5, 5.41) is 3.18. The summed E-state index contributed by atoms with van der Waals surface area (Å²) in [7, 11) is 1.65. The molecule has 0 aliphatic heterocycles. The molecule has 7 nitrogen and oxygen atoms in total. The molecule has 0 atom stereocenters. The molecule has 0 amide bonds. The SMILES string of the molecule is COc1ccc(Cc2ncc3nc(Nc4ccccc4F)n(C4CCC(N)CC4)c3n2)cc1. The molecule has 0 unspecified atom stereocenters. The Hall–Kier alpha value is -3.52. The van der Waals surface area contributed by atoms with Crippen LogP contribution in [-0.2, 0) is 6.42 Å². The summed E-state index contributed by atoms with van der Waals surface area (Å²) < 4.78 is 21.7. The summed E-state index contributed by atoms with van der Waals surface area (Å²) in [5.41, 5.74) is 9.06. The molecule has 2 aromatic heterocycles. The number of fused-ring (bicyclic) bond motifs is 1. The predicted octanol–water partition coefficient (Wildman–Crippen LogP) is 4.75. The van der Waals surface area contributed by atoms with Crippen LogP contribution in [0.1, 0.15) is 43.1 Å². The summed E-state index contributed by atoms with van der Waals surface area (Å²) in [5.74, 6) is 1.77. The Balaban J connectivity index is 1.53. The van der Waals surface area contributed by atoms with Gasteiger partial charge in [-0.1, -0.05) is 24.3 Å². The molecule has 1 saturated carbocycles. The van der Waals surface area contributed by atoms with E-state index in [1.165, 1.54) is 6.07 Å². The number of hydrogen-bond acceptors (Lipinski definition) is 6. The molecular formula is C25H27FN6O. The Morgan fingerprint density at radius 3 is 2.55 bits per heavy atom. The molecule has 0 radical (unpaired) electrons. The van der Waals surface area contributed by atoms with Crippen LogP contribution in [0.5, 0.6) is 5.75 Å². The second-order valence-electron chi connectivity index (χ2n) is 8.50. The van der Waals surface area contributed by atoms with E-state index in [1.807, 2.05) is 24.3 Å². The van der Waals surface area contributed by atoms with Crippen LogP contribution >= 0.6 is 0 Å². The van der Waals surface area contributed by atoms with Gasteiger partial charge in [0.1, 0.15) is 22.9 Å². The van der Waals surface area contributed by atoms with Gasteiger partial charge in [-0.2, -0.15) is 0 Å². The minimum atomic E-state index is -0.326. The van der Waals surface area contributed by atoms with Crippen molar-refractivity contribution in [1.82, 2.24) is 19.5 Å². The Labute approximate surface area is 191 Å². The average Bonchev–Trinajstić information content (AvgIpc) is 3.19. The van der Waals surface area contributed by atoms with Gasteiger partial charge in [0.25, 0.3) is 0 Å². The average molecular weight is 447 g/mol. The number of rotatable bonds is 6. The number of nitrogens with one attached hydrogen (secondary N) is 1. The van der Waals surface area contributed by atoms with Gasteiger partial charge in [-0.05, 0) is 55.5 Å². The minimum Gasteiger partial charge on any atom is -0.497 e. The summed E-state index contributed by atoms with van der Waals surface area (Å²) in [6.07, 6.45) is 6.07. The van der Waals surface area contributed by atoms with Crippen LogP contribution in [0.4, 0.5) is 16.0 Å². The highest BCUT2D eigenvalue weighted by atomic mass is 19.1. The Bertz CT molecular complexity index is 1250. The van der Waals surface area contributed by atoms with Crippen molar-refractivity contribution in [2.75, 3.05) is 12.4 Å². The fourth-order valence-corrected chi connectivity index (χ4v) is 4.41. The molecule has 170 valence electrons. The number of benzene rings is 2. The van der Waals surface area contributed by atoms with Crippen LogP contribution < -0.4 is 15.8 Å². The number of imidazole rings is 1. The molecule has 0 bridgehead atoms. The van der Waals surface area contributed by atoms with E-state index in [0.29, 0.717) is 29.4 Å². The lowest BCUT2D eigenvalue weighted by molar-refractivity contribution is 0.330. The molecule has 1 aliphatic rings. The molecule has 1 fully saturated rings. The van der Waals surface area contributed by atoms with Gasteiger partial charge in [0.15, 0.2) is 5.65 Å². The Morgan fingerprint density at radius 2 is 1.82 bits per heavy atom. The summed E-state index contributed by atoms with van der Waals surface area (Å²) in [4.78, 5) is 14.2. The molecule has 0 spiro atoms. The van der Waals surface area contributed by atoms with Gasteiger partial charge in [-0.15, -0.1) is 0 Å². The Kier molecular flexibility index (Phi) is 5.92. The smallest absolute Gasteiger partial charge is 0.210 e. The number of aromatic nitrogens is 4. The lowest BCUT2D eigenvalue weighted by Crippen LogP contribution is -2.28. The molecule has 5 rings (SSSR count). The molecule has 4 aromatic rings. The zero-order chi connectivity index (χ0) is 22.8. The number of halogens is 1. The lowest BCUT2D eigenvalue weighted by Gasteiger charge is -2.28. The van der Waals surface area contributed by atoms with Gasteiger partial charge in [-0.3, -0.25) is 4.57 Å². The highest BCUT2D eigenvalue weighted by molar-refractivity contribution is 5.75. The zero-order valence-electron chi connectivity index (χ0n) is 18.5. The first-order chi connectivity index (χ1) is 16.1. The molecule has 2 aromatic carbocycles. The number of methoxy groups -OCH3 is 1. The van der Waals surface area contributed by atoms with Gasteiger partial charge in [0.05, 0.1) is 19.0 Å². The van der Waals surface area contributed by atoms with E-state index in [-0.39, 0.29) is 17.9 Å². The number of nitrogens with zero attached hydrogens (tertiary/aromatic N) is 4. The molecule has 3 N–H and O–H groups in total. The lowest BCUT2D eigenvalue weighted by atomic mass is 9.91. The van der Waals surface area contributed by atoms with Crippen molar-refractivity contribution < 1.29 is 9.13 Å². The van der Waals surface area contributed by atoms with Crippen LogP contribution in [0.15, 0.2) is 54.7 Å². The number of para-hydroxylation sites is 1. The second-order valence-corrected chi connectivity index (χ2v) is 8.50. The summed E-state index contributed by atoms with van der Waals surface area (Å²) >= 11 is 0. The van der Waals surface area contributed by atoms with Crippen molar-refractivity contribution in [2.45, 2.75) is 44.2 Å². The Morgan fingerprint density at radius 1 is 1.06 bits per heavy atom. The van der Waals surface area contributed by atoms with Crippen LogP contribution in [0, 0.1) is 5.82 Å². The molecular weight excluding hydrogens is 419 g/mol. The fourth-order valence-electron chi connectivity index (χ4n) is 4.41. The third-order valence-corrected chi connectivity index (χ3v) is 6.23. The number of hydrogen-bond donors (Lipinski definition) is 2. The van der Waals surface area contributed by atoms with Crippen LogP contribution in [-0.4, -0.2) is 32.7 Å².